The van der Waals surface area contributed by atoms with Crippen molar-refractivity contribution in [2.75, 3.05) is 0 Å². The monoisotopic (exact) mass is 150 g/mol. The molecule has 0 radical (unpaired) electrons. The van der Waals surface area contributed by atoms with Gasteiger partial charge in [0, 0.05) is 5.70 Å². The molecule has 1 rings (SSSR count). The van der Waals surface area contributed by atoms with Crippen LogP contribution in [0.5, 0.6) is 0 Å². The molecule has 1 aliphatic rings. The maximum absolute atomic E-state index is 8.60. The number of nitriles is 1. The highest BCUT2D eigenvalue weighted by molar-refractivity contribution is 5.20. The second kappa shape index (κ2) is 3.43. The predicted octanol–water partition coefficient (Wildman–Crippen LogP) is 1.93. The minimum atomic E-state index is -0.0944. The van der Waals surface area contributed by atoms with Crippen LogP contribution in [0.15, 0.2) is 11.3 Å². The van der Waals surface area contributed by atoms with E-state index in [1.165, 1.54) is 18.4 Å². The van der Waals surface area contributed by atoms with Crippen molar-refractivity contribution >= 4 is 0 Å². The molecule has 1 fully saturated rings. The molecule has 2 N–H and O–H groups in total. The van der Waals surface area contributed by atoms with Gasteiger partial charge in [0.25, 0.3) is 0 Å². The van der Waals surface area contributed by atoms with Crippen molar-refractivity contribution in [2.45, 2.75) is 32.6 Å². The summed E-state index contributed by atoms with van der Waals surface area (Å²) in [7, 11) is 0. The molecule has 2 heteroatoms. The van der Waals surface area contributed by atoms with E-state index in [4.69, 9.17) is 11.0 Å². The van der Waals surface area contributed by atoms with Crippen LogP contribution in [0.2, 0.25) is 0 Å². The minimum absolute atomic E-state index is 0.0944. The van der Waals surface area contributed by atoms with Crippen LogP contribution < -0.4 is 5.73 Å². The molecular weight excluding hydrogens is 136 g/mol. The molecule has 1 saturated carbocycles. The standard InChI is InChI=1S/C9H14N2/c1-7(6-10)9(11)8-4-2-3-5-8/h7H,2-5,11H2,1H3. The molecule has 0 heterocycles. The average Bonchev–Trinajstić information content (AvgIpc) is 2.53. The van der Waals surface area contributed by atoms with Gasteiger partial charge in [-0.25, -0.2) is 0 Å². The van der Waals surface area contributed by atoms with Crippen LogP contribution in [0.4, 0.5) is 0 Å². The average molecular weight is 150 g/mol. The number of rotatable bonds is 1. The zero-order valence-corrected chi connectivity index (χ0v) is 6.93. The van der Waals surface area contributed by atoms with E-state index in [1.807, 2.05) is 6.92 Å². The molecule has 60 valence electrons. The van der Waals surface area contributed by atoms with Gasteiger partial charge in [0.1, 0.15) is 0 Å². The van der Waals surface area contributed by atoms with E-state index in [0.29, 0.717) is 0 Å². The van der Waals surface area contributed by atoms with E-state index >= 15 is 0 Å². The van der Waals surface area contributed by atoms with Gasteiger partial charge >= 0.3 is 0 Å². The zero-order valence-electron chi connectivity index (χ0n) is 6.93. The Balaban J connectivity index is 2.70. The number of nitrogens with two attached hydrogens (primary N) is 1. The summed E-state index contributed by atoms with van der Waals surface area (Å²) in [6.45, 7) is 1.86. The molecule has 0 amide bonds. The Hall–Kier alpha value is -0.970. The summed E-state index contributed by atoms with van der Waals surface area (Å²) in [5, 5.41) is 8.60. The first kappa shape index (κ1) is 8.13. The summed E-state index contributed by atoms with van der Waals surface area (Å²) < 4.78 is 0. The van der Waals surface area contributed by atoms with E-state index < -0.39 is 0 Å². The van der Waals surface area contributed by atoms with E-state index in [-0.39, 0.29) is 5.92 Å². The fraction of sp³-hybridized carbons (Fsp3) is 0.667. The molecule has 0 aromatic carbocycles. The lowest BCUT2D eigenvalue weighted by Gasteiger charge is -2.06. The van der Waals surface area contributed by atoms with Crippen molar-refractivity contribution in [1.82, 2.24) is 0 Å². The largest absolute Gasteiger partial charge is 0.401 e. The Morgan fingerprint density at radius 1 is 1.55 bits per heavy atom. The molecule has 0 aliphatic heterocycles. The van der Waals surface area contributed by atoms with Crippen molar-refractivity contribution in [2.24, 2.45) is 11.7 Å². The first-order chi connectivity index (χ1) is 5.25. The van der Waals surface area contributed by atoms with E-state index in [9.17, 15) is 0 Å². The lowest BCUT2D eigenvalue weighted by atomic mass is 10.0. The second-order valence-electron chi connectivity index (χ2n) is 3.12. The molecule has 1 unspecified atom stereocenters. The predicted molar refractivity (Wildman–Crippen MR) is 44.5 cm³/mol. The van der Waals surface area contributed by atoms with Crippen LogP contribution in [0, 0.1) is 17.2 Å². The summed E-state index contributed by atoms with van der Waals surface area (Å²) in [5.41, 5.74) is 7.93. The van der Waals surface area contributed by atoms with E-state index in [1.54, 1.807) is 0 Å². The third-order valence-electron chi connectivity index (χ3n) is 2.28. The Morgan fingerprint density at radius 2 is 2.09 bits per heavy atom. The molecule has 1 aliphatic carbocycles. The lowest BCUT2D eigenvalue weighted by Crippen LogP contribution is -2.09. The summed E-state index contributed by atoms with van der Waals surface area (Å²) in [6, 6.07) is 2.16. The van der Waals surface area contributed by atoms with Gasteiger partial charge in [-0.1, -0.05) is 5.57 Å². The molecule has 2 nitrogen and oxygen atoms in total. The highest BCUT2D eigenvalue weighted by Crippen LogP contribution is 2.27. The first-order valence-corrected chi connectivity index (χ1v) is 4.12. The fourth-order valence-electron chi connectivity index (χ4n) is 1.47. The molecule has 1 atom stereocenters. The summed E-state index contributed by atoms with van der Waals surface area (Å²) in [4.78, 5) is 0. The smallest absolute Gasteiger partial charge is 0.0828 e. The Kier molecular flexibility index (Phi) is 2.53. The minimum Gasteiger partial charge on any atom is -0.401 e. The van der Waals surface area contributed by atoms with Crippen molar-refractivity contribution in [3.8, 4) is 6.07 Å². The third kappa shape index (κ3) is 1.74. The lowest BCUT2D eigenvalue weighted by molar-refractivity contribution is 0.826. The van der Waals surface area contributed by atoms with Crippen molar-refractivity contribution in [3.05, 3.63) is 11.3 Å². The van der Waals surface area contributed by atoms with Crippen LogP contribution in [0.1, 0.15) is 32.6 Å². The van der Waals surface area contributed by atoms with Crippen LogP contribution >= 0.6 is 0 Å². The number of hydrogen-bond donors (Lipinski definition) is 1. The van der Waals surface area contributed by atoms with Crippen LogP contribution in [0.3, 0.4) is 0 Å². The fourth-order valence-corrected chi connectivity index (χ4v) is 1.47. The number of nitrogens with zero attached hydrogens (tertiary/aromatic N) is 1. The topological polar surface area (TPSA) is 49.8 Å². The van der Waals surface area contributed by atoms with Crippen molar-refractivity contribution in [1.29, 1.82) is 5.26 Å². The van der Waals surface area contributed by atoms with Gasteiger partial charge in [-0.3, -0.25) is 0 Å². The zero-order chi connectivity index (χ0) is 8.27. The van der Waals surface area contributed by atoms with Gasteiger partial charge in [0.15, 0.2) is 0 Å². The SMILES string of the molecule is CC(C#N)C(N)=C1CCCC1. The summed E-state index contributed by atoms with van der Waals surface area (Å²) >= 11 is 0. The highest BCUT2D eigenvalue weighted by atomic mass is 14.6. The van der Waals surface area contributed by atoms with Crippen LogP contribution in [-0.4, -0.2) is 0 Å². The quantitative estimate of drug-likeness (QED) is 0.621. The van der Waals surface area contributed by atoms with Gasteiger partial charge in [-0.2, -0.15) is 5.26 Å². The Morgan fingerprint density at radius 3 is 2.55 bits per heavy atom. The van der Waals surface area contributed by atoms with Crippen molar-refractivity contribution in [3.63, 3.8) is 0 Å². The van der Waals surface area contributed by atoms with Gasteiger partial charge in [-0.05, 0) is 32.6 Å². The Labute approximate surface area is 67.7 Å². The van der Waals surface area contributed by atoms with Gasteiger partial charge in [0.2, 0.25) is 0 Å². The second-order valence-corrected chi connectivity index (χ2v) is 3.12. The maximum Gasteiger partial charge on any atom is 0.0828 e. The van der Waals surface area contributed by atoms with Crippen molar-refractivity contribution < 1.29 is 0 Å². The number of hydrogen-bond acceptors (Lipinski definition) is 2. The van der Waals surface area contributed by atoms with Gasteiger partial charge < -0.3 is 5.73 Å². The van der Waals surface area contributed by atoms with Crippen LogP contribution in [0.25, 0.3) is 0 Å². The highest BCUT2D eigenvalue weighted by Gasteiger charge is 2.13. The van der Waals surface area contributed by atoms with Gasteiger partial charge in [0.05, 0.1) is 12.0 Å². The summed E-state index contributed by atoms with van der Waals surface area (Å²) in [5.74, 6) is -0.0944. The van der Waals surface area contributed by atoms with Crippen LogP contribution in [-0.2, 0) is 0 Å². The maximum atomic E-state index is 8.60. The normalized spacial score (nSPS) is 19.5. The van der Waals surface area contributed by atoms with E-state index in [0.717, 1.165) is 18.5 Å². The summed E-state index contributed by atoms with van der Waals surface area (Å²) in [6.07, 6.45) is 4.71. The molecule has 0 aromatic heterocycles. The first-order valence-electron chi connectivity index (χ1n) is 4.12. The molecule has 0 spiro atoms. The molecule has 0 bridgehead atoms. The number of allylic oxidation sites excluding steroid dienone is 2. The third-order valence-corrected chi connectivity index (χ3v) is 2.28. The Bertz CT molecular complexity index is 202. The molecule has 11 heavy (non-hydrogen) atoms. The molecule has 0 saturated heterocycles. The van der Waals surface area contributed by atoms with Gasteiger partial charge in [-0.15, -0.1) is 0 Å². The molecule has 0 aromatic rings. The molecular formula is C9H14N2. The van der Waals surface area contributed by atoms with E-state index in [2.05, 4.69) is 6.07 Å².